The maximum atomic E-state index is 12.8. The van der Waals surface area contributed by atoms with Crippen molar-refractivity contribution in [3.05, 3.63) is 71.4 Å². The molecule has 0 saturated heterocycles. The minimum Gasteiger partial charge on any atom is -0.451 e. The second-order valence-electron chi connectivity index (χ2n) is 5.91. The third kappa shape index (κ3) is 3.63. The standard InChI is InChI=1S/C21H18N2O3S/c1-2-25-13-17-16-5-3-4-6-18(16)26-19(17)20(24)23-15-9-7-14(8-10-15)21-22-11-12-27-21/h3-12H,2,13H2,1H3,(H,23,24). The second-order valence-corrected chi connectivity index (χ2v) is 6.81. The summed E-state index contributed by atoms with van der Waals surface area (Å²) in [5.41, 5.74) is 3.16. The Morgan fingerprint density at radius 3 is 2.74 bits per heavy atom. The topological polar surface area (TPSA) is 64.4 Å². The van der Waals surface area contributed by atoms with E-state index in [0.717, 1.165) is 21.5 Å². The molecule has 0 unspecified atom stereocenters. The van der Waals surface area contributed by atoms with Gasteiger partial charge in [0.1, 0.15) is 10.6 Å². The van der Waals surface area contributed by atoms with Crippen LogP contribution in [0.5, 0.6) is 0 Å². The fraction of sp³-hybridized carbons (Fsp3) is 0.143. The molecule has 1 amide bonds. The van der Waals surface area contributed by atoms with Crippen LogP contribution < -0.4 is 5.32 Å². The molecule has 2 heterocycles. The van der Waals surface area contributed by atoms with Crippen LogP contribution in [0.3, 0.4) is 0 Å². The van der Waals surface area contributed by atoms with Crippen molar-refractivity contribution in [2.24, 2.45) is 0 Å². The summed E-state index contributed by atoms with van der Waals surface area (Å²) in [6, 6.07) is 15.2. The molecule has 0 aliphatic rings. The maximum absolute atomic E-state index is 12.8. The van der Waals surface area contributed by atoms with Gasteiger partial charge in [0.25, 0.3) is 5.91 Å². The zero-order valence-corrected chi connectivity index (χ0v) is 15.6. The van der Waals surface area contributed by atoms with Gasteiger partial charge in [0, 0.05) is 40.4 Å². The van der Waals surface area contributed by atoms with Gasteiger partial charge < -0.3 is 14.5 Å². The maximum Gasteiger partial charge on any atom is 0.291 e. The van der Waals surface area contributed by atoms with Gasteiger partial charge in [-0.3, -0.25) is 4.79 Å². The molecule has 1 N–H and O–H groups in total. The Balaban J connectivity index is 1.59. The van der Waals surface area contributed by atoms with Crippen molar-refractivity contribution < 1.29 is 13.9 Å². The van der Waals surface area contributed by atoms with Gasteiger partial charge in [0.15, 0.2) is 5.76 Å². The Morgan fingerprint density at radius 2 is 2.00 bits per heavy atom. The summed E-state index contributed by atoms with van der Waals surface area (Å²) in [5, 5.41) is 6.69. The summed E-state index contributed by atoms with van der Waals surface area (Å²) in [4.78, 5) is 17.1. The predicted molar refractivity (Wildman–Crippen MR) is 107 cm³/mol. The summed E-state index contributed by atoms with van der Waals surface area (Å²) in [6.07, 6.45) is 1.77. The molecule has 0 saturated carbocycles. The monoisotopic (exact) mass is 378 g/mol. The molecule has 6 heteroatoms. The summed E-state index contributed by atoms with van der Waals surface area (Å²) in [5.74, 6) is -0.00319. The summed E-state index contributed by atoms with van der Waals surface area (Å²) in [6.45, 7) is 2.82. The lowest BCUT2D eigenvalue weighted by atomic mass is 10.1. The van der Waals surface area contributed by atoms with E-state index in [0.29, 0.717) is 24.5 Å². The SMILES string of the molecule is CCOCc1c(C(=O)Nc2ccc(-c3nccs3)cc2)oc2ccccc12. The molecule has 2 aromatic heterocycles. The molecule has 0 radical (unpaired) electrons. The first-order valence-electron chi connectivity index (χ1n) is 8.65. The summed E-state index contributed by atoms with van der Waals surface area (Å²) < 4.78 is 11.4. The number of ether oxygens (including phenoxy) is 1. The van der Waals surface area contributed by atoms with Crippen LogP contribution >= 0.6 is 11.3 Å². The van der Waals surface area contributed by atoms with E-state index in [4.69, 9.17) is 9.15 Å². The van der Waals surface area contributed by atoms with Crippen molar-refractivity contribution >= 4 is 33.9 Å². The van der Waals surface area contributed by atoms with E-state index in [9.17, 15) is 4.79 Å². The Morgan fingerprint density at radius 1 is 1.19 bits per heavy atom. The van der Waals surface area contributed by atoms with Crippen LogP contribution in [0, 0.1) is 0 Å². The number of carbonyl (C=O) groups excluding carboxylic acids is 1. The number of anilines is 1. The first-order valence-corrected chi connectivity index (χ1v) is 9.53. The molecule has 4 rings (SSSR count). The van der Waals surface area contributed by atoms with Gasteiger partial charge in [-0.1, -0.05) is 18.2 Å². The molecule has 0 fully saturated rings. The highest BCUT2D eigenvalue weighted by Crippen LogP contribution is 2.28. The molecule has 5 nitrogen and oxygen atoms in total. The van der Waals surface area contributed by atoms with E-state index < -0.39 is 0 Å². The number of aromatic nitrogens is 1. The zero-order chi connectivity index (χ0) is 18.6. The van der Waals surface area contributed by atoms with E-state index in [1.807, 2.05) is 60.8 Å². The molecule has 0 bridgehead atoms. The average molecular weight is 378 g/mol. The molecule has 0 spiro atoms. The van der Waals surface area contributed by atoms with Crippen molar-refractivity contribution in [2.45, 2.75) is 13.5 Å². The first-order chi connectivity index (χ1) is 13.3. The highest BCUT2D eigenvalue weighted by molar-refractivity contribution is 7.13. The van der Waals surface area contributed by atoms with Crippen LogP contribution in [-0.4, -0.2) is 17.5 Å². The van der Waals surface area contributed by atoms with Gasteiger partial charge in [-0.15, -0.1) is 11.3 Å². The molecule has 0 aliphatic heterocycles. The van der Waals surface area contributed by atoms with Crippen molar-refractivity contribution in [1.82, 2.24) is 4.98 Å². The van der Waals surface area contributed by atoms with Gasteiger partial charge in [-0.05, 0) is 37.3 Å². The zero-order valence-electron chi connectivity index (χ0n) is 14.8. The van der Waals surface area contributed by atoms with Crippen LogP contribution in [0.2, 0.25) is 0 Å². The number of hydrogen-bond acceptors (Lipinski definition) is 5. The summed E-state index contributed by atoms with van der Waals surface area (Å²) >= 11 is 1.58. The van der Waals surface area contributed by atoms with Crippen LogP contribution in [-0.2, 0) is 11.3 Å². The van der Waals surface area contributed by atoms with E-state index >= 15 is 0 Å². The third-order valence-corrected chi connectivity index (χ3v) is 5.00. The fourth-order valence-corrected chi connectivity index (χ4v) is 3.52. The molecule has 0 aliphatic carbocycles. The number of nitrogens with one attached hydrogen (secondary N) is 1. The first kappa shape index (κ1) is 17.5. The number of furan rings is 1. The summed E-state index contributed by atoms with van der Waals surface area (Å²) in [7, 11) is 0. The quantitative estimate of drug-likeness (QED) is 0.491. The number of carbonyl (C=O) groups is 1. The lowest BCUT2D eigenvalue weighted by Gasteiger charge is -2.06. The van der Waals surface area contributed by atoms with Gasteiger partial charge in [-0.2, -0.15) is 0 Å². The smallest absolute Gasteiger partial charge is 0.291 e. The third-order valence-electron chi connectivity index (χ3n) is 4.18. The number of thiazole rings is 1. The van der Waals surface area contributed by atoms with Gasteiger partial charge in [0.05, 0.1) is 6.61 Å². The molecule has 27 heavy (non-hydrogen) atoms. The van der Waals surface area contributed by atoms with E-state index in [1.54, 1.807) is 17.5 Å². The fourth-order valence-electron chi connectivity index (χ4n) is 2.88. The lowest BCUT2D eigenvalue weighted by molar-refractivity contribution is 0.0984. The molecular formula is C21H18N2O3S. The average Bonchev–Trinajstić information content (AvgIpc) is 3.35. The minimum absolute atomic E-state index is 0.286. The molecule has 136 valence electrons. The number of benzene rings is 2. The highest BCUT2D eigenvalue weighted by atomic mass is 32.1. The Bertz CT molecular complexity index is 1050. The number of hydrogen-bond donors (Lipinski definition) is 1. The number of rotatable bonds is 6. The Labute approximate surface area is 160 Å². The van der Waals surface area contributed by atoms with Crippen molar-refractivity contribution in [3.8, 4) is 10.6 Å². The Kier molecular flexibility index (Phi) is 5.00. The normalized spacial score (nSPS) is 11.0. The molecular weight excluding hydrogens is 360 g/mol. The van der Waals surface area contributed by atoms with Gasteiger partial charge in [0.2, 0.25) is 0 Å². The van der Waals surface area contributed by atoms with Crippen LogP contribution in [0.15, 0.2) is 64.5 Å². The molecule has 4 aromatic rings. The van der Waals surface area contributed by atoms with Crippen LogP contribution in [0.1, 0.15) is 23.0 Å². The van der Waals surface area contributed by atoms with Gasteiger partial charge >= 0.3 is 0 Å². The van der Waals surface area contributed by atoms with Crippen LogP contribution in [0.4, 0.5) is 5.69 Å². The number of fused-ring (bicyclic) bond motifs is 1. The number of para-hydroxylation sites is 1. The molecule has 2 aromatic carbocycles. The second kappa shape index (κ2) is 7.73. The molecule has 0 atom stereocenters. The largest absolute Gasteiger partial charge is 0.451 e. The van der Waals surface area contributed by atoms with Crippen LogP contribution in [0.25, 0.3) is 21.5 Å². The number of nitrogens with zero attached hydrogens (tertiary/aromatic N) is 1. The van der Waals surface area contributed by atoms with Crippen molar-refractivity contribution in [1.29, 1.82) is 0 Å². The highest BCUT2D eigenvalue weighted by Gasteiger charge is 2.20. The lowest BCUT2D eigenvalue weighted by Crippen LogP contribution is -2.13. The van der Waals surface area contributed by atoms with E-state index in [-0.39, 0.29) is 11.7 Å². The van der Waals surface area contributed by atoms with E-state index in [1.165, 1.54) is 0 Å². The minimum atomic E-state index is -0.289. The van der Waals surface area contributed by atoms with Crippen molar-refractivity contribution in [2.75, 3.05) is 11.9 Å². The Hall–Kier alpha value is -2.96. The number of amides is 1. The van der Waals surface area contributed by atoms with E-state index in [2.05, 4.69) is 10.3 Å². The van der Waals surface area contributed by atoms with Gasteiger partial charge in [-0.25, -0.2) is 4.98 Å². The van der Waals surface area contributed by atoms with Crippen molar-refractivity contribution in [3.63, 3.8) is 0 Å². The predicted octanol–water partition coefficient (Wildman–Crippen LogP) is 5.35.